The average molecular weight is 375 g/mol. The van der Waals surface area contributed by atoms with Gasteiger partial charge in [-0.1, -0.05) is 36.4 Å². The number of aromatic nitrogens is 3. The Bertz CT molecular complexity index is 1230. The number of H-pyrrole nitrogens is 2. The summed E-state index contributed by atoms with van der Waals surface area (Å²) in [6.45, 7) is 0. The molecular weight excluding hydrogens is 361 g/mol. The number of hydrogen-bond donors (Lipinski definition) is 3. The quantitative estimate of drug-likeness (QED) is 0.503. The second-order valence-electron chi connectivity index (χ2n) is 6.09. The van der Waals surface area contributed by atoms with E-state index in [1.54, 1.807) is 6.07 Å². The number of aromatic carboxylic acids is 1. The summed E-state index contributed by atoms with van der Waals surface area (Å²) in [5.41, 5.74) is 1.20. The lowest BCUT2D eigenvalue weighted by atomic mass is 10.0. The summed E-state index contributed by atoms with van der Waals surface area (Å²) in [6.07, 6.45) is 1.47. The van der Waals surface area contributed by atoms with Crippen molar-refractivity contribution in [1.82, 2.24) is 15.0 Å². The highest BCUT2D eigenvalue weighted by Crippen LogP contribution is 2.34. The van der Waals surface area contributed by atoms with E-state index in [9.17, 15) is 19.1 Å². The zero-order chi connectivity index (χ0) is 19.7. The van der Waals surface area contributed by atoms with Crippen LogP contribution in [0.15, 0.2) is 71.7 Å². The Kier molecular flexibility index (Phi) is 4.33. The van der Waals surface area contributed by atoms with Crippen molar-refractivity contribution >= 4 is 5.97 Å². The molecule has 0 atom stereocenters. The highest BCUT2D eigenvalue weighted by molar-refractivity contribution is 5.91. The van der Waals surface area contributed by atoms with Crippen molar-refractivity contribution in [3.63, 3.8) is 0 Å². The van der Waals surface area contributed by atoms with Gasteiger partial charge in [0.1, 0.15) is 11.6 Å². The Morgan fingerprint density at radius 1 is 1.00 bits per heavy atom. The standard InChI is InChI=1S/C21H14FN3O3/c22-17-14(7-4-8-15(17)21(27)28)19-18(13-9-10-23-16(26)11-13)24-20(25-19)12-5-2-1-3-6-12/h1-11H,(H,23,26)(H,24,25)(H,27,28). The minimum absolute atomic E-state index is 0.0601. The van der Waals surface area contributed by atoms with Crippen molar-refractivity contribution in [1.29, 1.82) is 0 Å². The first kappa shape index (κ1) is 17.4. The van der Waals surface area contributed by atoms with Crippen LogP contribution in [-0.4, -0.2) is 26.0 Å². The predicted molar refractivity (Wildman–Crippen MR) is 102 cm³/mol. The van der Waals surface area contributed by atoms with Crippen molar-refractivity contribution in [2.75, 3.05) is 0 Å². The molecule has 0 spiro atoms. The molecule has 28 heavy (non-hydrogen) atoms. The minimum atomic E-state index is -1.36. The summed E-state index contributed by atoms with van der Waals surface area (Å²) in [6, 6.07) is 16.4. The van der Waals surface area contributed by atoms with Crippen molar-refractivity contribution in [3.05, 3.63) is 88.6 Å². The lowest BCUT2D eigenvalue weighted by molar-refractivity contribution is 0.0692. The minimum Gasteiger partial charge on any atom is -0.478 e. The highest BCUT2D eigenvalue weighted by Gasteiger charge is 2.21. The van der Waals surface area contributed by atoms with Crippen molar-refractivity contribution < 1.29 is 14.3 Å². The molecule has 7 heteroatoms. The number of benzene rings is 2. The van der Waals surface area contributed by atoms with Gasteiger partial charge in [0.2, 0.25) is 5.56 Å². The molecular formula is C21H14FN3O3. The normalized spacial score (nSPS) is 10.8. The first-order chi connectivity index (χ1) is 13.5. The van der Waals surface area contributed by atoms with Gasteiger partial charge in [0, 0.05) is 29.0 Å². The fourth-order valence-corrected chi connectivity index (χ4v) is 2.99. The second kappa shape index (κ2) is 6.96. The Morgan fingerprint density at radius 2 is 1.79 bits per heavy atom. The molecule has 4 rings (SSSR count). The number of carboxylic acids is 1. The Morgan fingerprint density at radius 3 is 2.50 bits per heavy atom. The third-order valence-corrected chi connectivity index (χ3v) is 4.30. The molecule has 0 bridgehead atoms. The van der Waals surface area contributed by atoms with E-state index in [0.717, 1.165) is 5.56 Å². The number of hydrogen-bond acceptors (Lipinski definition) is 3. The van der Waals surface area contributed by atoms with Crippen LogP contribution in [0.5, 0.6) is 0 Å². The van der Waals surface area contributed by atoms with Gasteiger partial charge in [0.05, 0.1) is 17.0 Å². The first-order valence-corrected chi connectivity index (χ1v) is 8.41. The van der Waals surface area contributed by atoms with Gasteiger partial charge in [-0.05, 0) is 18.2 Å². The van der Waals surface area contributed by atoms with Crippen LogP contribution in [0.2, 0.25) is 0 Å². The van der Waals surface area contributed by atoms with Crippen molar-refractivity contribution in [2.45, 2.75) is 0 Å². The van der Waals surface area contributed by atoms with Gasteiger partial charge in [0.25, 0.3) is 0 Å². The Hall–Kier alpha value is -4.00. The first-order valence-electron chi connectivity index (χ1n) is 8.41. The van der Waals surface area contributed by atoms with Gasteiger partial charge in [-0.2, -0.15) is 0 Å². The molecule has 0 aliphatic heterocycles. The fraction of sp³-hybridized carbons (Fsp3) is 0. The van der Waals surface area contributed by atoms with E-state index in [1.165, 1.54) is 30.5 Å². The molecule has 6 nitrogen and oxygen atoms in total. The molecule has 0 amide bonds. The van der Waals surface area contributed by atoms with E-state index in [2.05, 4.69) is 15.0 Å². The SMILES string of the molecule is O=C(O)c1cccc(-c2[nH]c(-c3ccccc3)nc2-c2cc[nH]c(=O)c2)c1F. The van der Waals surface area contributed by atoms with E-state index < -0.39 is 17.3 Å². The summed E-state index contributed by atoms with van der Waals surface area (Å²) in [4.78, 5) is 33.2. The van der Waals surface area contributed by atoms with E-state index in [-0.39, 0.29) is 11.1 Å². The molecule has 0 aliphatic carbocycles. The van der Waals surface area contributed by atoms with Crippen LogP contribution in [0.1, 0.15) is 10.4 Å². The maximum atomic E-state index is 14.9. The van der Waals surface area contributed by atoms with E-state index >= 15 is 0 Å². The molecule has 2 heterocycles. The summed E-state index contributed by atoms with van der Waals surface area (Å²) in [7, 11) is 0. The second-order valence-corrected chi connectivity index (χ2v) is 6.09. The average Bonchev–Trinajstić information content (AvgIpc) is 3.14. The number of halogens is 1. The Labute approximate surface area is 158 Å². The van der Waals surface area contributed by atoms with Crippen LogP contribution < -0.4 is 5.56 Å². The number of carbonyl (C=O) groups is 1. The lowest BCUT2D eigenvalue weighted by Crippen LogP contribution is -2.04. The number of imidazole rings is 1. The van der Waals surface area contributed by atoms with Crippen LogP contribution in [0.25, 0.3) is 33.9 Å². The van der Waals surface area contributed by atoms with Crippen LogP contribution >= 0.6 is 0 Å². The molecule has 0 saturated heterocycles. The summed E-state index contributed by atoms with van der Waals surface area (Å²) < 4.78 is 14.9. The van der Waals surface area contributed by atoms with Crippen LogP contribution in [0.4, 0.5) is 4.39 Å². The maximum absolute atomic E-state index is 14.9. The summed E-state index contributed by atoms with van der Waals surface area (Å²) in [5, 5.41) is 9.23. The molecule has 138 valence electrons. The third kappa shape index (κ3) is 3.09. The monoisotopic (exact) mass is 375 g/mol. The van der Waals surface area contributed by atoms with Crippen molar-refractivity contribution in [3.8, 4) is 33.9 Å². The van der Waals surface area contributed by atoms with Gasteiger partial charge < -0.3 is 15.1 Å². The number of carboxylic acid groups (broad SMARTS) is 1. The lowest BCUT2D eigenvalue weighted by Gasteiger charge is -2.06. The maximum Gasteiger partial charge on any atom is 0.338 e. The summed E-state index contributed by atoms with van der Waals surface area (Å²) >= 11 is 0. The van der Waals surface area contributed by atoms with E-state index in [4.69, 9.17) is 0 Å². The van der Waals surface area contributed by atoms with Gasteiger partial charge in [0.15, 0.2) is 0 Å². The number of pyridine rings is 1. The van der Waals surface area contributed by atoms with Gasteiger partial charge in [-0.3, -0.25) is 4.79 Å². The van der Waals surface area contributed by atoms with E-state index in [1.807, 2.05) is 30.3 Å². The number of rotatable bonds is 4. The van der Waals surface area contributed by atoms with Crippen LogP contribution in [0, 0.1) is 5.82 Å². The van der Waals surface area contributed by atoms with Gasteiger partial charge in [-0.15, -0.1) is 0 Å². The molecule has 3 N–H and O–H groups in total. The molecule has 0 radical (unpaired) electrons. The third-order valence-electron chi connectivity index (χ3n) is 4.30. The molecule has 4 aromatic rings. The van der Waals surface area contributed by atoms with Gasteiger partial charge >= 0.3 is 5.97 Å². The molecule has 0 aliphatic rings. The molecule has 0 fully saturated rings. The number of nitrogens with zero attached hydrogens (tertiary/aromatic N) is 1. The topological polar surface area (TPSA) is 98.8 Å². The predicted octanol–water partition coefficient (Wildman–Crippen LogP) is 3.94. The number of aromatic amines is 2. The van der Waals surface area contributed by atoms with Crippen LogP contribution in [0.3, 0.4) is 0 Å². The molecule has 0 saturated carbocycles. The molecule has 2 aromatic carbocycles. The zero-order valence-corrected chi connectivity index (χ0v) is 14.4. The van der Waals surface area contributed by atoms with E-state index in [0.29, 0.717) is 22.8 Å². The largest absolute Gasteiger partial charge is 0.478 e. The smallest absolute Gasteiger partial charge is 0.338 e. The Balaban J connectivity index is 1.99. The van der Waals surface area contributed by atoms with Gasteiger partial charge in [-0.25, -0.2) is 14.2 Å². The molecule has 2 aromatic heterocycles. The van der Waals surface area contributed by atoms with Crippen molar-refractivity contribution in [2.24, 2.45) is 0 Å². The number of nitrogens with one attached hydrogen (secondary N) is 2. The fourth-order valence-electron chi connectivity index (χ4n) is 2.99. The van der Waals surface area contributed by atoms with Crippen LogP contribution in [-0.2, 0) is 0 Å². The zero-order valence-electron chi connectivity index (χ0n) is 14.4. The molecule has 0 unspecified atom stereocenters. The summed E-state index contributed by atoms with van der Waals surface area (Å²) in [5.74, 6) is -1.75. The highest BCUT2D eigenvalue weighted by atomic mass is 19.1.